The number of carbonyl (C=O) groups excluding carboxylic acids is 2. The van der Waals surface area contributed by atoms with Crippen molar-refractivity contribution in [1.29, 1.82) is 0 Å². The summed E-state index contributed by atoms with van der Waals surface area (Å²) in [6.45, 7) is 4.28. The van der Waals surface area contributed by atoms with Gasteiger partial charge >= 0.3 is 0 Å². The number of aryl methyl sites for hydroxylation is 1. The van der Waals surface area contributed by atoms with Crippen molar-refractivity contribution >= 4 is 11.7 Å². The van der Waals surface area contributed by atoms with Gasteiger partial charge in [-0.25, -0.2) is 0 Å². The maximum absolute atomic E-state index is 13.3. The second-order valence-electron chi connectivity index (χ2n) is 9.05. The van der Waals surface area contributed by atoms with Crippen molar-refractivity contribution in [2.24, 2.45) is 0 Å². The van der Waals surface area contributed by atoms with Gasteiger partial charge in [-0.1, -0.05) is 81.3 Å². The van der Waals surface area contributed by atoms with Gasteiger partial charge in [0.1, 0.15) is 0 Å². The van der Waals surface area contributed by atoms with E-state index in [1.165, 1.54) is 5.56 Å². The largest absolute Gasteiger partial charge is 0.503 e. The Morgan fingerprint density at radius 1 is 1.03 bits per heavy atom. The first-order valence-electron chi connectivity index (χ1n) is 11.4. The zero-order valence-electron chi connectivity index (χ0n) is 18.4. The number of aliphatic hydroxyl groups excluding tert-OH is 1. The molecule has 1 N–H and O–H groups in total. The van der Waals surface area contributed by atoms with Crippen molar-refractivity contribution in [3.05, 3.63) is 82.6 Å². The lowest BCUT2D eigenvalue weighted by Gasteiger charge is -2.32. The second-order valence-corrected chi connectivity index (χ2v) is 9.05. The van der Waals surface area contributed by atoms with Crippen molar-refractivity contribution in [2.75, 3.05) is 0 Å². The molecule has 1 unspecified atom stereocenters. The topological polar surface area (TPSA) is 57.6 Å². The Balaban J connectivity index is 1.66. The van der Waals surface area contributed by atoms with E-state index in [1.807, 2.05) is 42.5 Å². The van der Waals surface area contributed by atoms with Gasteiger partial charge in [-0.05, 0) is 41.9 Å². The molecule has 0 saturated heterocycles. The number of Topliss-reactive ketones (excluding diaryl/α,β-unsaturated/α-hetero) is 1. The first-order valence-corrected chi connectivity index (χ1v) is 11.4. The predicted molar refractivity (Wildman–Crippen MR) is 122 cm³/mol. The fraction of sp³-hybridized carbons (Fsp3) is 0.407. The summed E-state index contributed by atoms with van der Waals surface area (Å²) in [6, 6.07) is 17.6. The van der Waals surface area contributed by atoms with E-state index in [0.717, 1.165) is 36.8 Å². The lowest BCUT2D eigenvalue weighted by molar-refractivity contribution is -0.131. The van der Waals surface area contributed by atoms with Crippen molar-refractivity contribution in [1.82, 2.24) is 4.90 Å². The number of hydrogen-bond donors (Lipinski definition) is 1. The molecule has 1 fully saturated rings. The Morgan fingerprint density at radius 3 is 2.29 bits per heavy atom. The number of ketones is 1. The minimum absolute atomic E-state index is 0.0730. The molecular formula is C27H31NO3. The number of nitrogens with zero attached hydrogens (tertiary/aromatic N) is 1. The summed E-state index contributed by atoms with van der Waals surface area (Å²) in [6.07, 6.45) is 4.86. The summed E-state index contributed by atoms with van der Waals surface area (Å²) < 4.78 is 0. The molecule has 1 aliphatic carbocycles. The molecule has 1 heterocycles. The number of aliphatic hydroxyl groups is 1. The standard InChI is InChI=1S/C27H31NO3/c1-18(2)20-13-15-21(16-14-20)25-24(23(29)17-12-19-8-4-3-5-9-19)26(30)27(31)28(25)22-10-6-7-11-22/h3-5,8-9,13-16,18,22,25,30H,6-7,10-12,17H2,1-2H3. The van der Waals surface area contributed by atoms with Crippen LogP contribution in [-0.2, 0) is 16.0 Å². The highest BCUT2D eigenvalue weighted by Crippen LogP contribution is 2.43. The predicted octanol–water partition coefficient (Wildman–Crippen LogP) is 5.65. The molecule has 162 valence electrons. The third-order valence-corrected chi connectivity index (χ3v) is 6.66. The van der Waals surface area contributed by atoms with Gasteiger partial charge in [-0.3, -0.25) is 9.59 Å². The molecule has 1 amide bonds. The van der Waals surface area contributed by atoms with E-state index in [4.69, 9.17) is 0 Å². The van der Waals surface area contributed by atoms with E-state index in [2.05, 4.69) is 26.0 Å². The Kier molecular flexibility index (Phi) is 6.26. The van der Waals surface area contributed by atoms with Crippen LogP contribution in [0.25, 0.3) is 0 Å². The van der Waals surface area contributed by atoms with Crippen LogP contribution in [0.4, 0.5) is 0 Å². The first-order chi connectivity index (χ1) is 15.0. The molecule has 1 aliphatic heterocycles. The highest BCUT2D eigenvalue weighted by molar-refractivity contribution is 6.09. The highest BCUT2D eigenvalue weighted by Gasteiger charge is 2.46. The number of amides is 1. The quantitative estimate of drug-likeness (QED) is 0.633. The van der Waals surface area contributed by atoms with Crippen LogP contribution < -0.4 is 0 Å². The normalized spacial score (nSPS) is 19.6. The van der Waals surface area contributed by atoms with Crippen LogP contribution in [0.1, 0.15) is 74.6 Å². The lowest BCUT2D eigenvalue weighted by atomic mass is 9.91. The van der Waals surface area contributed by atoms with E-state index in [0.29, 0.717) is 12.3 Å². The molecule has 2 aromatic carbocycles. The van der Waals surface area contributed by atoms with Crippen LogP contribution in [-0.4, -0.2) is 27.7 Å². The van der Waals surface area contributed by atoms with Gasteiger partial charge in [-0.2, -0.15) is 0 Å². The van der Waals surface area contributed by atoms with E-state index < -0.39 is 11.9 Å². The van der Waals surface area contributed by atoms with Gasteiger partial charge in [0.25, 0.3) is 5.91 Å². The van der Waals surface area contributed by atoms with Gasteiger partial charge < -0.3 is 10.0 Å². The summed E-state index contributed by atoms with van der Waals surface area (Å²) in [4.78, 5) is 28.2. The lowest BCUT2D eigenvalue weighted by Crippen LogP contribution is -2.38. The molecule has 31 heavy (non-hydrogen) atoms. The van der Waals surface area contributed by atoms with Crippen LogP contribution in [0.5, 0.6) is 0 Å². The number of carbonyl (C=O) groups is 2. The molecule has 0 spiro atoms. The average Bonchev–Trinajstić information content (AvgIpc) is 3.40. The maximum Gasteiger partial charge on any atom is 0.290 e. The van der Waals surface area contributed by atoms with Crippen LogP contribution in [0, 0.1) is 0 Å². The molecule has 1 atom stereocenters. The Morgan fingerprint density at radius 2 is 1.68 bits per heavy atom. The van der Waals surface area contributed by atoms with E-state index >= 15 is 0 Å². The summed E-state index contributed by atoms with van der Waals surface area (Å²) >= 11 is 0. The fourth-order valence-corrected chi connectivity index (χ4v) is 4.89. The van der Waals surface area contributed by atoms with Crippen molar-refractivity contribution in [3.63, 3.8) is 0 Å². The van der Waals surface area contributed by atoms with Crippen molar-refractivity contribution < 1.29 is 14.7 Å². The Hall–Kier alpha value is -2.88. The molecule has 0 bridgehead atoms. The molecule has 4 rings (SSSR count). The Labute approximate surface area is 184 Å². The van der Waals surface area contributed by atoms with Gasteiger partial charge in [0.15, 0.2) is 11.5 Å². The third-order valence-electron chi connectivity index (χ3n) is 6.66. The molecule has 2 aromatic rings. The smallest absolute Gasteiger partial charge is 0.290 e. The third kappa shape index (κ3) is 4.30. The second kappa shape index (κ2) is 9.09. The maximum atomic E-state index is 13.3. The van der Waals surface area contributed by atoms with E-state index in [-0.39, 0.29) is 29.6 Å². The summed E-state index contributed by atoms with van der Waals surface area (Å²) in [5.74, 6) is -0.495. The van der Waals surface area contributed by atoms with Gasteiger partial charge in [0.05, 0.1) is 11.6 Å². The minimum Gasteiger partial charge on any atom is -0.503 e. The molecule has 0 radical (unpaired) electrons. The summed E-state index contributed by atoms with van der Waals surface area (Å²) in [7, 11) is 0. The zero-order valence-corrected chi connectivity index (χ0v) is 18.4. The number of hydrogen-bond acceptors (Lipinski definition) is 3. The van der Waals surface area contributed by atoms with Crippen LogP contribution in [0.3, 0.4) is 0 Å². The molecular weight excluding hydrogens is 386 g/mol. The van der Waals surface area contributed by atoms with Gasteiger partial charge in [0, 0.05) is 12.5 Å². The summed E-state index contributed by atoms with van der Waals surface area (Å²) in [5, 5.41) is 10.8. The SMILES string of the molecule is CC(C)c1ccc(C2C(C(=O)CCc3ccccc3)=C(O)C(=O)N2C2CCCC2)cc1. The van der Waals surface area contributed by atoms with Crippen LogP contribution in [0.2, 0.25) is 0 Å². The van der Waals surface area contributed by atoms with Crippen LogP contribution >= 0.6 is 0 Å². The first kappa shape index (κ1) is 21.4. The van der Waals surface area contributed by atoms with Crippen molar-refractivity contribution in [3.8, 4) is 0 Å². The van der Waals surface area contributed by atoms with Gasteiger partial charge in [-0.15, -0.1) is 0 Å². The molecule has 4 heteroatoms. The molecule has 1 saturated carbocycles. The average molecular weight is 418 g/mol. The number of rotatable bonds is 7. The monoisotopic (exact) mass is 417 g/mol. The fourth-order valence-electron chi connectivity index (χ4n) is 4.89. The number of benzene rings is 2. The van der Waals surface area contributed by atoms with E-state index in [9.17, 15) is 14.7 Å². The van der Waals surface area contributed by atoms with Crippen molar-refractivity contribution in [2.45, 2.75) is 70.4 Å². The molecule has 4 nitrogen and oxygen atoms in total. The zero-order chi connectivity index (χ0) is 22.0. The van der Waals surface area contributed by atoms with Gasteiger partial charge in [0.2, 0.25) is 0 Å². The molecule has 0 aromatic heterocycles. The summed E-state index contributed by atoms with van der Waals surface area (Å²) in [5.41, 5.74) is 3.46. The minimum atomic E-state index is -0.500. The van der Waals surface area contributed by atoms with E-state index in [1.54, 1.807) is 4.90 Å². The highest BCUT2D eigenvalue weighted by atomic mass is 16.3. The van der Waals surface area contributed by atoms with Crippen LogP contribution in [0.15, 0.2) is 65.9 Å². The Bertz CT molecular complexity index is 969. The molecule has 2 aliphatic rings.